The molecular formula is C13H14ClN5O. The van der Waals surface area contributed by atoms with Crippen molar-refractivity contribution in [3.8, 4) is 6.07 Å². The lowest BCUT2D eigenvalue weighted by molar-refractivity contribution is -0.127. The van der Waals surface area contributed by atoms with Crippen LogP contribution in [-0.2, 0) is 4.79 Å². The smallest absolute Gasteiger partial charge is 0.266 e. The number of hydrogen-bond donors (Lipinski definition) is 2. The predicted octanol–water partition coefficient (Wildman–Crippen LogP) is 0.986. The first-order valence-electron chi connectivity index (χ1n) is 6.19. The van der Waals surface area contributed by atoms with Gasteiger partial charge >= 0.3 is 0 Å². The molecule has 1 aromatic rings. The van der Waals surface area contributed by atoms with Gasteiger partial charge in [0.05, 0.1) is 5.02 Å². The molecule has 1 fully saturated rings. The highest BCUT2D eigenvalue weighted by atomic mass is 35.5. The van der Waals surface area contributed by atoms with Crippen LogP contribution in [-0.4, -0.2) is 42.0 Å². The zero-order chi connectivity index (χ0) is 14.4. The molecule has 0 aromatic carbocycles. The number of aromatic nitrogens is 1. The summed E-state index contributed by atoms with van der Waals surface area (Å²) < 4.78 is 0. The molecule has 0 unspecified atom stereocenters. The van der Waals surface area contributed by atoms with Crippen molar-refractivity contribution in [3.05, 3.63) is 35.1 Å². The number of halogens is 1. The van der Waals surface area contributed by atoms with Gasteiger partial charge in [0.1, 0.15) is 17.5 Å². The molecule has 2 heterocycles. The predicted molar refractivity (Wildman–Crippen MR) is 76.0 cm³/mol. The Labute approximate surface area is 122 Å². The number of carbonyl (C=O) groups is 1. The molecule has 1 amide bonds. The van der Waals surface area contributed by atoms with Crippen LogP contribution in [0.3, 0.4) is 0 Å². The van der Waals surface area contributed by atoms with E-state index in [-0.39, 0.29) is 11.5 Å². The van der Waals surface area contributed by atoms with Gasteiger partial charge in [0.15, 0.2) is 0 Å². The highest BCUT2D eigenvalue weighted by molar-refractivity contribution is 6.30. The number of nitrogens with one attached hydrogen (secondary N) is 2. The van der Waals surface area contributed by atoms with Gasteiger partial charge in [-0.05, 0) is 12.1 Å². The van der Waals surface area contributed by atoms with Crippen molar-refractivity contribution in [2.75, 3.05) is 31.5 Å². The summed E-state index contributed by atoms with van der Waals surface area (Å²) >= 11 is 5.73. The molecule has 6 nitrogen and oxygen atoms in total. The maximum Gasteiger partial charge on any atom is 0.266 e. The molecule has 1 aliphatic rings. The minimum absolute atomic E-state index is 0.0589. The molecule has 0 bridgehead atoms. The van der Waals surface area contributed by atoms with Crippen molar-refractivity contribution >= 4 is 23.3 Å². The van der Waals surface area contributed by atoms with Crippen molar-refractivity contribution in [3.63, 3.8) is 0 Å². The molecule has 0 saturated carbocycles. The van der Waals surface area contributed by atoms with Crippen LogP contribution in [0.1, 0.15) is 0 Å². The third-order valence-electron chi connectivity index (χ3n) is 2.85. The summed E-state index contributed by atoms with van der Waals surface area (Å²) in [5, 5.41) is 15.6. The van der Waals surface area contributed by atoms with E-state index < -0.39 is 0 Å². The quantitative estimate of drug-likeness (QED) is 0.641. The monoisotopic (exact) mass is 291 g/mol. The third-order valence-corrected chi connectivity index (χ3v) is 3.07. The summed E-state index contributed by atoms with van der Waals surface area (Å²) in [4.78, 5) is 17.8. The van der Waals surface area contributed by atoms with Crippen LogP contribution in [0.4, 0.5) is 5.82 Å². The van der Waals surface area contributed by atoms with E-state index in [1.165, 1.54) is 12.4 Å². The molecular weight excluding hydrogens is 278 g/mol. The standard InChI is InChI=1S/C13H14ClN5O/c14-11-1-2-12(18-9-11)17-8-10(7-15)13(20)19-5-3-16-4-6-19/h1-2,8-9,16H,3-6H2,(H,17,18)/b10-8-. The lowest BCUT2D eigenvalue weighted by Crippen LogP contribution is -2.46. The second-order valence-corrected chi connectivity index (χ2v) is 4.65. The summed E-state index contributed by atoms with van der Waals surface area (Å²) in [5.41, 5.74) is 0.0589. The van der Waals surface area contributed by atoms with E-state index in [4.69, 9.17) is 16.9 Å². The molecule has 7 heteroatoms. The Bertz CT molecular complexity index is 543. The normalized spacial score (nSPS) is 15.6. The molecule has 0 atom stereocenters. The SMILES string of the molecule is N#C/C(=C/Nc1ccc(Cl)cn1)C(=O)N1CCNCC1. The first-order valence-corrected chi connectivity index (χ1v) is 6.57. The van der Waals surface area contributed by atoms with Gasteiger partial charge in [-0.1, -0.05) is 11.6 Å². The Kier molecular flexibility index (Phi) is 4.93. The summed E-state index contributed by atoms with van der Waals surface area (Å²) in [6, 6.07) is 5.26. The molecule has 104 valence electrons. The summed E-state index contributed by atoms with van der Waals surface area (Å²) in [6.45, 7) is 2.71. The molecule has 0 spiro atoms. The molecule has 1 aromatic heterocycles. The molecule has 0 aliphatic carbocycles. The van der Waals surface area contributed by atoms with Gasteiger partial charge in [-0.3, -0.25) is 4.79 Å². The molecule has 1 saturated heterocycles. The van der Waals surface area contributed by atoms with Crippen LogP contribution < -0.4 is 10.6 Å². The summed E-state index contributed by atoms with van der Waals surface area (Å²) in [6.07, 6.45) is 2.86. The molecule has 2 rings (SSSR count). The summed E-state index contributed by atoms with van der Waals surface area (Å²) in [5.74, 6) is 0.255. The topological polar surface area (TPSA) is 81.0 Å². The van der Waals surface area contributed by atoms with E-state index in [0.717, 1.165) is 13.1 Å². The third kappa shape index (κ3) is 3.70. The Morgan fingerprint density at radius 2 is 2.25 bits per heavy atom. The van der Waals surface area contributed by atoms with E-state index in [1.54, 1.807) is 17.0 Å². The number of rotatable bonds is 3. The Morgan fingerprint density at radius 1 is 1.50 bits per heavy atom. The lowest BCUT2D eigenvalue weighted by atomic mass is 10.2. The van der Waals surface area contributed by atoms with Gasteiger partial charge in [0.25, 0.3) is 5.91 Å². The zero-order valence-electron chi connectivity index (χ0n) is 10.8. The van der Waals surface area contributed by atoms with E-state index in [9.17, 15) is 4.79 Å². The van der Waals surface area contributed by atoms with Crippen molar-refractivity contribution in [2.24, 2.45) is 0 Å². The molecule has 0 radical (unpaired) electrons. The second kappa shape index (κ2) is 6.89. The first kappa shape index (κ1) is 14.3. The van der Waals surface area contributed by atoms with Crippen molar-refractivity contribution in [2.45, 2.75) is 0 Å². The summed E-state index contributed by atoms with van der Waals surface area (Å²) in [7, 11) is 0. The average molecular weight is 292 g/mol. The van der Waals surface area contributed by atoms with Gasteiger partial charge in [-0.15, -0.1) is 0 Å². The van der Waals surface area contributed by atoms with Gasteiger partial charge in [-0.2, -0.15) is 5.26 Å². The number of carbonyl (C=O) groups excluding carboxylic acids is 1. The van der Waals surface area contributed by atoms with Crippen LogP contribution in [0.5, 0.6) is 0 Å². The lowest BCUT2D eigenvalue weighted by Gasteiger charge is -2.27. The first-order chi connectivity index (χ1) is 9.70. The van der Waals surface area contributed by atoms with Gasteiger partial charge < -0.3 is 15.5 Å². The molecule has 20 heavy (non-hydrogen) atoms. The minimum atomic E-state index is -0.268. The Morgan fingerprint density at radius 3 is 2.85 bits per heavy atom. The number of amides is 1. The van der Waals surface area contributed by atoms with Gasteiger partial charge in [0.2, 0.25) is 0 Å². The van der Waals surface area contributed by atoms with Gasteiger partial charge in [0, 0.05) is 38.6 Å². The van der Waals surface area contributed by atoms with Crippen molar-refractivity contribution in [1.29, 1.82) is 5.26 Å². The van der Waals surface area contributed by atoms with Crippen molar-refractivity contribution < 1.29 is 4.79 Å². The highest BCUT2D eigenvalue weighted by Crippen LogP contribution is 2.10. The second-order valence-electron chi connectivity index (χ2n) is 4.22. The minimum Gasteiger partial charge on any atom is -0.345 e. The number of nitrogens with zero attached hydrogens (tertiary/aromatic N) is 3. The van der Waals surface area contributed by atoms with E-state index in [2.05, 4.69) is 15.6 Å². The van der Waals surface area contributed by atoms with Crippen LogP contribution in [0.2, 0.25) is 5.02 Å². The number of piperazine rings is 1. The maximum absolute atomic E-state index is 12.1. The molecule has 1 aliphatic heterocycles. The van der Waals surface area contributed by atoms with Gasteiger partial charge in [-0.25, -0.2) is 4.98 Å². The van der Waals surface area contributed by atoms with Crippen LogP contribution in [0.25, 0.3) is 0 Å². The highest BCUT2D eigenvalue weighted by Gasteiger charge is 2.19. The van der Waals surface area contributed by atoms with E-state index >= 15 is 0 Å². The van der Waals surface area contributed by atoms with Crippen LogP contribution in [0.15, 0.2) is 30.1 Å². The van der Waals surface area contributed by atoms with Crippen LogP contribution >= 0.6 is 11.6 Å². The number of anilines is 1. The van der Waals surface area contributed by atoms with E-state index in [1.807, 2.05) is 6.07 Å². The van der Waals surface area contributed by atoms with E-state index in [0.29, 0.717) is 23.9 Å². The van der Waals surface area contributed by atoms with Crippen LogP contribution in [0, 0.1) is 11.3 Å². The maximum atomic E-state index is 12.1. The Balaban J connectivity index is 2.03. The molecule has 2 N–H and O–H groups in total. The fourth-order valence-corrected chi connectivity index (χ4v) is 1.90. The number of nitriles is 1. The fourth-order valence-electron chi connectivity index (χ4n) is 1.79. The zero-order valence-corrected chi connectivity index (χ0v) is 11.5. The fraction of sp³-hybridized carbons (Fsp3) is 0.308. The number of hydrogen-bond acceptors (Lipinski definition) is 5. The van der Waals surface area contributed by atoms with Crippen molar-refractivity contribution in [1.82, 2.24) is 15.2 Å². The largest absolute Gasteiger partial charge is 0.345 e. The Hall–Kier alpha value is -2.10. The number of pyridine rings is 1. The average Bonchev–Trinajstić information content (AvgIpc) is 2.50.